The van der Waals surface area contributed by atoms with Crippen molar-refractivity contribution in [2.75, 3.05) is 32.1 Å². The van der Waals surface area contributed by atoms with Gasteiger partial charge in [-0.25, -0.2) is 14.0 Å². The zero-order chi connectivity index (χ0) is 30.8. The Morgan fingerprint density at radius 3 is 2.56 bits per heavy atom. The second-order valence-electron chi connectivity index (χ2n) is 11.0. The molecule has 2 aliphatic rings. The topological polar surface area (TPSA) is 106 Å². The van der Waals surface area contributed by atoms with E-state index in [0.717, 1.165) is 21.6 Å². The minimum absolute atomic E-state index is 0.0432. The summed E-state index contributed by atoms with van der Waals surface area (Å²) in [5.74, 6) is -0.240. The van der Waals surface area contributed by atoms with Gasteiger partial charge in [0.05, 0.1) is 17.7 Å². The molecular formula is C31H35ClFN5O5. The predicted molar refractivity (Wildman–Crippen MR) is 162 cm³/mol. The number of ether oxygens (including phenoxy) is 1. The first-order chi connectivity index (χ1) is 20.6. The molecule has 0 aliphatic carbocycles. The van der Waals surface area contributed by atoms with Gasteiger partial charge in [-0.2, -0.15) is 0 Å². The Morgan fingerprint density at radius 1 is 1.12 bits per heavy atom. The number of rotatable bonds is 7. The summed E-state index contributed by atoms with van der Waals surface area (Å²) in [6, 6.07) is 9.07. The fourth-order valence-electron chi connectivity index (χ4n) is 5.78. The zero-order valence-corrected chi connectivity index (χ0v) is 25.2. The van der Waals surface area contributed by atoms with Crippen molar-refractivity contribution >= 4 is 29.2 Å². The SMILES string of the molecule is CC[C@H](C)n1c(=O)c(-c2cccc(F)c2Cl)cn(CC(=O)N2CCC(N3CCc4cc(OC)ccc4NC3=O)CC2)c1=O. The molecule has 3 aromatic rings. The van der Waals surface area contributed by atoms with E-state index in [4.69, 9.17) is 16.3 Å². The van der Waals surface area contributed by atoms with Crippen molar-refractivity contribution in [3.05, 3.63) is 79.8 Å². The molecule has 228 valence electrons. The van der Waals surface area contributed by atoms with Crippen molar-refractivity contribution < 1.29 is 18.7 Å². The van der Waals surface area contributed by atoms with Crippen molar-refractivity contribution in [3.63, 3.8) is 0 Å². The van der Waals surface area contributed by atoms with Gasteiger partial charge in [0.25, 0.3) is 5.56 Å². The Hall–Kier alpha value is -4.12. The number of nitrogens with one attached hydrogen (secondary N) is 1. The third-order valence-corrected chi connectivity index (χ3v) is 8.84. The van der Waals surface area contributed by atoms with Gasteiger partial charge in [0.1, 0.15) is 18.1 Å². The highest BCUT2D eigenvalue weighted by molar-refractivity contribution is 6.33. The highest BCUT2D eigenvalue weighted by atomic mass is 35.5. The fourth-order valence-corrected chi connectivity index (χ4v) is 6.01. The van der Waals surface area contributed by atoms with Gasteiger partial charge < -0.3 is 19.9 Å². The molecule has 0 saturated carbocycles. The average molecular weight is 612 g/mol. The zero-order valence-electron chi connectivity index (χ0n) is 24.4. The molecule has 5 rings (SSSR count). The van der Waals surface area contributed by atoms with E-state index in [2.05, 4.69) is 5.32 Å². The lowest BCUT2D eigenvalue weighted by Crippen LogP contribution is -2.51. The second kappa shape index (κ2) is 12.6. The molecule has 12 heteroatoms. The second-order valence-corrected chi connectivity index (χ2v) is 11.4. The van der Waals surface area contributed by atoms with Crippen LogP contribution in [0, 0.1) is 5.82 Å². The molecule has 0 spiro atoms. The number of amides is 3. The Bertz CT molecular complexity index is 1660. The Kier molecular flexibility index (Phi) is 8.91. The first kappa shape index (κ1) is 30.3. The maximum Gasteiger partial charge on any atom is 0.331 e. The minimum Gasteiger partial charge on any atom is -0.497 e. The highest BCUT2D eigenvalue weighted by Crippen LogP contribution is 2.29. The third-order valence-electron chi connectivity index (χ3n) is 8.46. The van der Waals surface area contributed by atoms with Crippen molar-refractivity contribution in [3.8, 4) is 16.9 Å². The van der Waals surface area contributed by atoms with E-state index in [1.807, 2.05) is 30.0 Å². The maximum absolute atomic E-state index is 14.3. The summed E-state index contributed by atoms with van der Waals surface area (Å²) in [6.45, 7) is 4.67. The van der Waals surface area contributed by atoms with Crippen molar-refractivity contribution in [1.82, 2.24) is 18.9 Å². The van der Waals surface area contributed by atoms with E-state index in [0.29, 0.717) is 45.3 Å². The first-order valence-electron chi connectivity index (χ1n) is 14.5. The number of carbonyl (C=O) groups is 2. The van der Waals surface area contributed by atoms with Gasteiger partial charge in [-0.3, -0.25) is 18.7 Å². The largest absolute Gasteiger partial charge is 0.497 e. The lowest BCUT2D eigenvalue weighted by atomic mass is 10.0. The van der Waals surface area contributed by atoms with E-state index >= 15 is 0 Å². The van der Waals surface area contributed by atoms with Crippen LogP contribution in [0.15, 0.2) is 52.2 Å². The summed E-state index contributed by atoms with van der Waals surface area (Å²) in [4.78, 5) is 56.7. The van der Waals surface area contributed by atoms with Crippen LogP contribution in [0.2, 0.25) is 5.02 Å². The molecule has 1 aromatic heterocycles. The summed E-state index contributed by atoms with van der Waals surface area (Å²) in [7, 11) is 1.61. The van der Waals surface area contributed by atoms with E-state index in [9.17, 15) is 23.6 Å². The molecule has 0 bridgehead atoms. The molecule has 2 aliphatic heterocycles. The molecule has 3 heterocycles. The van der Waals surface area contributed by atoms with Gasteiger partial charge in [-0.15, -0.1) is 0 Å². The number of nitrogens with zero attached hydrogens (tertiary/aromatic N) is 4. The van der Waals surface area contributed by atoms with Gasteiger partial charge in [0, 0.05) is 49.2 Å². The molecule has 2 aromatic carbocycles. The number of anilines is 1. The van der Waals surface area contributed by atoms with Crippen molar-refractivity contribution in [2.45, 2.75) is 58.2 Å². The molecule has 43 heavy (non-hydrogen) atoms. The lowest BCUT2D eigenvalue weighted by molar-refractivity contribution is -0.133. The van der Waals surface area contributed by atoms with Crippen LogP contribution in [-0.4, -0.2) is 63.7 Å². The number of likely N-dealkylation sites (tertiary alicyclic amines) is 1. The minimum atomic E-state index is -0.688. The van der Waals surface area contributed by atoms with E-state index in [1.54, 1.807) is 18.9 Å². The molecule has 1 saturated heterocycles. The smallest absolute Gasteiger partial charge is 0.331 e. The van der Waals surface area contributed by atoms with Gasteiger partial charge in [-0.05, 0) is 62.4 Å². The van der Waals surface area contributed by atoms with Crippen LogP contribution >= 0.6 is 11.6 Å². The summed E-state index contributed by atoms with van der Waals surface area (Å²) in [5.41, 5.74) is 0.766. The number of aromatic nitrogens is 2. The lowest BCUT2D eigenvalue weighted by Gasteiger charge is -2.38. The normalized spacial score (nSPS) is 16.3. The number of halogens is 2. The summed E-state index contributed by atoms with van der Waals surface area (Å²) in [6.07, 6.45) is 3.65. The van der Waals surface area contributed by atoms with Crippen LogP contribution in [0.25, 0.3) is 11.1 Å². The standard InChI is InChI=1S/C31H35ClFN5O5/c1-4-19(2)38-29(40)24(23-6-5-7-25(33)28(23)32)17-36(31(38)42)18-27(39)35-13-11-21(12-14-35)37-15-10-20-16-22(43-3)8-9-26(20)34-30(37)41/h5-9,16-17,19,21H,4,10-15,18H2,1-3H3,(H,34,41)/t19-/m0/s1. The molecule has 0 radical (unpaired) electrons. The van der Waals surface area contributed by atoms with Crippen LogP contribution in [-0.2, 0) is 17.8 Å². The van der Waals surface area contributed by atoms with Crippen LogP contribution in [0.5, 0.6) is 5.75 Å². The number of methoxy groups -OCH3 is 1. The number of benzene rings is 2. The predicted octanol–water partition coefficient (Wildman–Crippen LogP) is 4.53. The van der Waals surface area contributed by atoms with Crippen molar-refractivity contribution in [1.29, 1.82) is 0 Å². The number of fused-ring (bicyclic) bond motifs is 1. The van der Waals surface area contributed by atoms with Crippen LogP contribution < -0.4 is 21.3 Å². The molecule has 0 unspecified atom stereocenters. The van der Waals surface area contributed by atoms with E-state index in [-0.39, 0.29) is 40.7 Å². The first-order valence-corrected chi connectivity index (χ1v) is 14.8. The summed E-state index contributed by atoms with van der Waals surface area (Å²) >= 11 is 6.20. The average Bonchev–Trinajstić information content (AvgIpc) is 3.17. The quantitative estimate of drug-likeness (QED) is 0.423. The van der Waals surface area contributed by atoms with Gasteiger partial charge >= 0.3 is 11.7 Å². The Labute approximate surface area is 253 Å². The number of carbonyl (C=O) groups excluding carboxylic acids is 2. The van der Waals surface area contributed by atoms with Gasteiger partial charge in [0.15, 0.2) is 0 Å². The maximum atomic E-state index is 14.3. The van der Waals surface area contributed by atoms with Gasteiger partial charge in [-0.1, -0.05) is 30.7 Å². The van der Waals surface area contributed by atoms with Crippen LogP contribution in [0.4, 0.5) is 14.9 Å². The van der Waals surface area contributed by atoms with Crippen LogP contribution in [0.3, 0.4) is 0 Å². The summed E-state index contributed by atoms with van der Waals surface area (Å²) in [5, 5.41) is 2.77. The Balaban J connectivity index is 1.32. The molecule has 3 amide bonds. The third kappa shape index (κ3) is 6.04. The number of hydrogen-bond acceptors (Lipinski definition) is 5. The summed E-state index contributed by atoms with van der Waals surface area (Å²) < 4.78 is 21.9. The number of piperidine rings is 1. The number of urea groups is 1. The molecule has 1 atom stereocenters. The molecule has 1 N–H and O–H groups in total. The van der Waals surface area contributed by atoms with E-state index < -0.39 is 23.1 Å². The molecule has 1 fully saturated rings. The fraction of sp³-hybridized carbons (Fsp3) is 0.419. The molecular weight excluding hydrogens is 577 g/mol. The number of hydrogen-bond donors (Lipinski definition) is 1. The monoisotopic (exact) mass is 611 g/mol. The van der Waals surface area contributed by atoms with E-state index in [1.165, 1.54) is 29.0 Å². The van der Waals surface area contributed by atoms with Crippen molar-refractivity contribution in [2.24, 2.45) is 0 Å². The Morgan fingerprint density at radius 2 is 1.86 bits per heavy atom. The van der Waals surface area contributed by atoms with Gasteiger partial charge in [0.2, 0.25) is 5.91 Å². The van der Waals surface area contributed by atoms with Crippen LogP contribution in [0.1, 0.15) is 44.7 Å². The highest BCUT2D eigenvalue weighted by Gasteiger charge is 2.32. The molecule has 10 nitrogen and oxygen atoms in total.